The number of aliphatic hydroxyl groups excluding tert-OH is 1. The lowest BCUT2D eigenvalue weighted by molar-refractivity contribution is 0.0986. The predicted molar refractivity (Wildman–Crippen MR) is 69.5 cm³/mol. The maximum Gasteiger partial charge on any atom is 0.129 e. The Bertz CT molecular complexity index is 350. The molecular formula is C14H22N2O. The molecule has 3 N–H and O–H groups in total. The summed E-state index contributed by atoms with van der Waals surface area (Å²) >= 11 is 0. The van der Waals surface area contributed by atoms with E-state index in [1.54, 1.807) is 6.20 Å². The van der Waals surface area contributed by atoms with Crippen molar-refractivity contribution in [1.29, 1.82) is 0 Å². The second-order valence-electron chi connectivity index (χ2n) is 5.12. The van der Waals surface area contributed by atoms with Gasteiger partial charge < -0.3 is 10.8 Å². The molecule has 1 aromatic rings. The highest BCUT2D eigenvalue weighted by molar-refractivity contribution is 5.45. The van der Waals surface area contributed by atoms with E-state index in [0.29, 0.717) is 11.7 Å². The zero-order valence-corrected chi connectivity index (χ0v) is 10.5. The molecule has 1 aliphatic rings. The SMILES string of the molecule is Cc1ccnc(N)c1C(O)C1CCCCCC1. The van der Waals surface area contributed by atoms with Gasteiger partial charge in [0, 0.05) is 11.8 Å². The fraction of sp³-hybridized carbons (Fsp3) is 0.643. The third-order valence-electron chi connectivity index (χ3n) is 3.88. The molecule has 1 aliphatic carbocycles. The molecule has 0 aromatic carbocycles. The third kappa shape index (κ3) is 2.78. The van der Waals surface area contributed by atoms with Crippen molar-refractivity contribution in [3.05, 3.63) is 23.4 Å². The van der Waals surface area contributed by atoms with Crippen molar-refractivity contribution in [2.24, 2.45) is 5.92 Å². The number of pyridine rings is 1. The Morgan fingerprint density at radius 2 is 1.94 bits per heavy atom. The zero-order chi connectivity index (χ0) is 12.3. The summed E-state index contributed by atoms with van der Waals surface area (Å²) in [4.78, 5) is 4.10. The minimum absolute atomic E-state index is 0.350. The van der Waals surface area contributed by atoms with E-state index in [1.165, 1.54) is 25.7 Å². The molecule has 0 bridgehead atoms. The van der Waals surface area contributed by atoms with E-state index in [2.05, 4.69) is 4.98 Å². The average molecular weight is 234 g/mol. The number of aliphatic hydroxyl groups is 1. The van der Waals surface area contributed by atoms with E-state index in [4.69, 9.17) is 5.73 Å². The second-order valence-corrected chi connectivity index (χ2v) is 5.12. The van der Waals surface area contributed by atoms with E-state index in [9.17, 15) is 5.11 Å². The first-order valence-electron chi connectivity index (χ1n) is 6.59. The number of hydrogen-bond donors (Lipinski definition) is 2. The normalized spacial score (nSPS) is 19.9. The molecule has 94 valence electrons. The molecule has 0 saturated heterocycles. The van der Waals surface area contributed by atoms with E-state index in [1.807, 2.05) is 13.0 Å². The van der Waals surface area contributed by atoms with Crippen LogP contribution in [0.25, 0.3) is 0 Å². The molecule has 3 heteroatoms. The van der Waals surface area contributed by atoms with Gasteiger partial charge in [-0.25, -0.2) is 4.98 Å². The summed E-state index contributed by atoms with van der Waals surface area (Å²) in [5.74, 6) is 0.837. The average Bonchev–Trinajstić information content (AvgIpc) is 2.57. The van der Waals surface area contributed by atoms with Gasteiger partial charge in [0.2, 0.25) is 0 Å². The maximum atomic E-state index is 10.5. The maximum absolute atomic E-state index is 10.5. The molecule has 1 atom stereocenters. The number of anilines is 1. The van der Waals surface area contributed by atoms with Crippen LogP contribution in [0.5, 0.6) is 0 Å². The molecule has 1 saturated carbocycles. The summed E-state index contributed by atoms with van der Waals surface area (Å²) in [5, 5.41) is 10.5. The third-order valence-corrected chi connectivity index (χ3v) is 3.88. The van der Waals surface area contributed by atoms with Crippen molar-refractivity contribution in [2.45, 2.75) is 51.6 Å². The Balaban J connectivity index is 2.20. The highest BCUT2D eigenvalue weighted by Gasteiger charge is 2.25. The van der Waals surface area contributed by atoms with Crippen LogP contribution < -0.4 is 5.73 Å². The van der Waals surface area contributed by atoms with Crippen LogP contribution in [-0.4, -0.2) is 10.1 Å². The van der Waals surface area contributed by atoms with Crippen LogP contribution in [0.1, 0.15) is 55.8 Å². The Labute approximate surface area is 103 Å². The van der Waals surface area contributed by atoms with Crippen LogP contribution in [-0.2, 0) is 0 Å². The van der Waals surface area contributed by atoms with Crippen molar-refractivity contribution < 1.29 is 5.11 Å². The number of rotatable bonds is 2. The summed E-state index contributed by atoms with van der Waals surface area (Å²) in [7, 11) is 0. The minimum Gasteiger partial charge on any atom is -0.388 e. The molecule has 1 fully saturated rings. The van der Waals surface area contributed by atoms with Crippen LogP contribution in [0.2, 0.25) is 0 Å². The highest BCUT2D eigenvalue weighted by Crippen LogP contribution is 2.36. The van der Waals surface area contributed by atoms with Crippen LogP contribution in [0, 0.1) is 12.8 Å². The second kappa shape index (κ2) is 5.50. The number of nitrogen functional groups attached to an aromatic ring is 1. The van der Waals surface area contributed by atoms with Gasteiger partial charge in [-0.15, -0.1) is 0 Å². The Hall–Kier alpha value is -1.09. The molecule has 1 aromatic heterocycles. The predicted octanol–water partition coefficient (Wildman–Crippen LogP) is 2.98. The lowest BCUT2D eigenvalue weighted by Crippen LogP contribution is -2.15. The van der Waals surface area contributed by atoms with E-state index in [-0.39, 0.29) is 0 Å². The lowest BCUT2D eigenvalue weighted by atomic mass is 9.88. The standard InChI is InChI=1S/C14H22N2O/c1-10-8-9-16-14(15)12(10)13(17)11-6-4-2-3-5-7-11/h8-9,11,13,17H,2-7H2,1H3,(H2,15,16). The first kappa shape index (κ1) is 12.4. The van der Waals surface area contributed by atoms with Gasteiger partial charge in [-0.2, -0.15) is 0 Å². The van der Waals surface area contributed by atoms with Gasteiger partial charge in [-0.1, -0.05) is 25.7 Å². The smallest absolute Gasteiger partial charge is 0.129 e. The summed E-state index contributed by atoms with van der Waals surface area (Å²) in [6.45, 7) is 1.99. The molecule has 0 spiro atoms. The number of hydrogen-bond acceptors (Lipinski definition) is 3. The minimum atomic E-state index is -0.443. The van der Waals surface area contributed by atoms with Gasteiger partial charge in [0.25, 0.3) is 0 Å². The zero-order valence-electron chi connectivity index (χ0n) is 10.5. The fourth-order valence-corrected chi connectivity index (χ4v) is 2.84. The molecule has 2 rings (SSSR count). The molecule has 3 nitrogen and oxygen atoms in total. The van der Waals surface area contributed by atoms with Crippen molar-refractivity contribution in [3.8, 4) is 0 Å². The number of nitrogens with zero attached hydrogens (tertiary/aromatic N) is 1. The van der Waals surface area contributed by atoms with Crippen molar-refractivity contribution >= 4 is 5.82 Å². The molecule has 0 radical (unpaired) electrons. The van der Waals surface area contributed by atoms with Crippen LogP contribution in [0.15, 0.2) is 12.3 Å². The molecule has 1 heterocycles. The van der Waals surface area contributed by atoms with Gasteiger partial charge in [-0.05, 0) is 37.3 Å². The van der Waals surface area contributed by atoms with Crippen molar-refractivity contribution in [1.82, 2.24) is 4.98 Å². The van der Waals surface area contributed by atoms with Crippen molar-refractivity contribution in [2.75, 3.05) is 5.73 Å². The quantitative estimate of drug-likeness (QED) is 0.773. The largest absolute Gasteiger partial charge is 0.388 e. The van der Waals surface area contributed by atoms with Gasteiger partial charge in [0.1, 0.15) is 5.82 Å². The van der Waals surface area contributed by atoms with Gasteiger partial charge in [-0.3, -0.25) is 0 Å². The Kier molecular flexibility index (Phi) is 4.00. The monoisotopic (exact) mass is 234 g/mol. The van der Waals surface area contributed by atoms with E-state index in [0.717, 1.165) is 24.0 Å². The topological polar surface area (TPSA) is 59.1 Å². The van der Waals surface area contributed by atoms with E-state index < -0.39 is 6.10 Å². The molecule has 17 heavy (non-hydrogen) atoms. The summed E-state index contributed by atoms with van der Waals surface area (Å²) in [5.41, 5.74) is 7.79. The van der Waals surface area contributed by atoms with Crippen LogP contribution in [0.3, 0.4) is 0 Å². The first-order chi connectivity index (χ1) is 8.20. The van der Waals surface area contributed by atoms with Crippen LogP contribution in [0.4, 0.5) is 5.82 Å². The van der Waals surface area contributed by atoms with Gasteiger partial charge in [0.05, 0.1) is 6.10 Å². The number of nitrogens with two attached hydrogens (primary N) is 1. The summed E-state index contributed by atoms with van der Waals surface area (Å²) in [6.07, 6.45) is 8.51. The highest BCUT2D eigenvalue weighted by atomic mass is 16.3. The summed E-state index contributed by atoms with van der Waals surface area (Å²) < 4.78 is 0. The summed E-state index contributed by atoms with van der Waals surface area (Å²) in [6, 6.07) is 1.92. The Morgan fingerprint density at radius 3 is 2.53 bits per heavy atom. The molecule has 0 aliphatic heterocycles. The molecule has 1 unspecified atom stereocenters. The van der Waals surface area contributed by atoms with Gasteiger partial charge >= 0.3 is 0 Å². The van der Waals surface area contributed by atoms with Crippen molar-refractivity contribution in [3.63, 3.8) is 0 Å². The van der Waals surface area contributed by atoms with Crippen LogP contribution >= 0.6 is 0 Å². The van der Waals surface area contributed by atoms with E-state index >= 15 is 0 Å². The molecule has 0 amide bonds. The molecular weight excluding hydrogens is 212 g/mol. The Morgan fingerprint density at radius 1 is 1.29 bits per heavy atom. The number of aromatic nitrogens is 1. The first-order valence-corrected chi connectivity index (χ1v) is 6.59. The fourth-order valence-electron chi connectivity index (χ4n) is 2.84. The number of aryl methyl sites for hydroxylation is 1. The lowest BCUT2D eigenvalue weighted by Gasteiger charge is -2.23. The van der Waals surface area contributed by atoms with Gasteiger partial charge in [0.15, 0.2) is 0 Å².